The zero-order chi connectivity index (χ0) is 18.6. The van der Waals surface area contributed by atoms with Crippen LogP contribution in [-0.4, -0.2) is 54.2 Å². The Balaban J connectivity index is 1.85. The average Bonchev–Trinajstić information content (AvgIpc) is 3.04. The molecule has 1 saturated heterocycles. The van der Waals surface area contributed by atoms with Gasteiger partial charge >= 0.3 is 0 Å². The molecule has 2 aromatic rings. The highest BCUT2D eigenvalue weighted by atomic mass is 32.2. The molecule has 2 heterocycles. The number of rotatable bonds is 7. The highest BCUT2D eigenvalue weighted by Crippen LogP contribution is 2.17. The smallest absolute Gasteiger partial charge is 0.234 e. The second kappa shape index (κ2) is 8.01. The van der Waals surface area contributed by atoms with Crippen LogP contribution < -0.4 is 5.32 Å². The van der Waals surface area contributed by atoms with E-state index in [1.807, 2.05) is 35.2 Å². The van der Waals surface area contributed by atoms with E-state index < -0.39 is 9.84 Å². The van der Waals surface area contributed by atoms with Gasteiger partial charge < -0.3 is 9.88 Å². The van der Waals surface area contributed by atoms with Crippen LogP contribution in [0.15, 0.2) is 41.7 Å². The van der Waals surface area contributed by atoms with Crippen LogP contribution >= 0.6 is 0 Å². The van der Waals surface area contributed by atoms with Gasteiger partial charge in [0, 0.05) is 26.2 Å². The highest BCUT2D eigenvalue weighted by molar-refractivity contribution is 7.91. The van der Waals surface area contributed by atoms with E-state index in [1.165, 1.54) is 0 Å². The van der Waals surface area contributed by atoms with E-state index in [-0.39, 0.29) is 16.8 Å². The lowest BCUT2D eigenvalue weighted by Gasteiger charge is -2.26. The lowest BCUT2D eigenvalue weighted by Crippen LogP contribution is -2.47. The molecule has 0 unspecified atom stereocenters. The van der Waals surface area contributed by atoms with Crippen LogP contribution in [-0.2, 0) is 34.1 Å². The van der Waals surface area contributed by atoms with Crippen LogP contribution in [0.1, 0.15) is 18.2 Å². The van der Waals surface area contributed by atoms with Gasteiger partial charge in [0.2, 0.25) is 20.9 Å². The predicted octanol–water partition coefficient (Wildman–Crippen LogP) is 0.851. The molecule has 0 radical (unpaired) electrons. The maximum atomic E-state index is 12.4. The molecule has 1 amide bonds. The Bertz CT molecular complexity index is 862. The minimum atomic E-state index is -3.41. The van der Waals surface area contributed by atoms with Crippen LogP contribution in [0.3, 0.4) is 0 Å². The maximum Gasteiger partial charge on any atom is 0.234 e. The highest BCUT2D eigenvalue weighted by Gasteiger charge is 2.24. The fraction of sp³-hybridized carbons (Fsp3) is 0.444. The van der Waals surface area contributed by atoms with Crippen LogP contribution in [0, 0.1) is 0 Å². The summed E-state index contributed by atoms with van der Waals surface area (Å²) < 4.78 is 26.6. The second-order valence-corrected chi connectivity index (χ2v) is 8.56. The fourth-order valence-corrected chi connectivity index (χ4v) is 4.09. The molecule has 1 N–H and O–H groups in total. The van der Waals surface area contributed by atoms with Crippen LogP contribution in [0.5, 0.6) is 0 Å². The summed E-state index contributed by atoms with van der Waals surface area (Å²) in [5, 5.41) is 2.92. The molecule has 1 aromatic carbocycles. The third-order valence-electron chi connectivity index (χ3n) is 4.53. The number of sulfone groups is 1. The normalized spacial score (nSPS) is 15.8. The standard InChI is InChI=1S/C18H24N4O3S/c1-2-26(24,25)18-20-12-16(13-21-11-9-19-17(23)14-21)22(18)10-8-15-6-4-3-5-7-15/h3-7,12H,2,8-11,13-14H2,1H3,(H,19,23). The predicted molar refractivity (Wildman–Crippen MR) is 98.4 cm³/mol. The third kappa shape index (κ3) is 4.31. The Morgan fingerprint density at radius 2 is 2.00 bits per heavy atom. The molecule has 1 aliphatic heterocycles. The summed E-state index contributed by atoms with van der Waals surface area (Å²) in [6.45, 7) is 4.34. The lowest BCUT2D eigenvalue weighted by molar-refractivity contribution is -0.124. The molecule has 26 heavy (non-hydrogen) atoms. The summed E-state index contributed by atoms with van der Waals surface area (Å²) in [4.78, 5) is 17.8. The molecular formula is C18H24N4O3S. The number of piperazine rings is 1. The van der Waals surface area contributed by atoms with Crippen molar-refractivity contribution in [1.82, 2.24) is 19.8 Å². The molecule has 0 aliphatic carbocycles. The summed E-state index contributed by atoms with van der Waals surface area (Å²) >= 11 is 0. The summed E-state index contributed by atoms with van der Waals surface area (Å²) in [5.74, 6) is 0.00831. The van der Waals surface area contributed by atoms with Crippen molar-refractivity contribution >= 4 is 15.7 Å². The number of carbonyl (C=O) groups excluding carboxylic acids is 1. The van der Waals surface area contributed by atoms with Crippen LogP contribution in [0.2, 0.25) is 0 Å². The van der Waals surface area contributed by atoms with Gasteiger partial charge in [0.15, 0.2) is 0 Å². The number of nitrogens with one attached hydrogen (secondary N) is 1. The van der Waals surface area contributed by atoms with Crippen molar-refractivity contribution in [2.24, 2.45) is 0 Å². The molecule has 0 spiro atoms. The number of hydrogen-bond donors (Lipinski definition) is 1. The van der Waals surface area contributed by atoms with Crippen molar-refractivity contribution in [3.05, 3.63) is 47.8 Å². The number of hydrogen-bond acceptors (Lipinski definition) is 5. The van der Waals surface area contributed by atoms with E-state index >= 15 is 0 Å². The van der Waals surface area contributed by atoms with E-state index in [4.69, 9.17) is 0 Å². The quantitative estimate of drug-likeness (QED) is 0.775. The summed E-state index contributed by atoms with van der Waals surface area (Å²) in [6.07, 6.45) is 2.34. The zero-order valence-electron chi connectivity index (χ0n) is 14.9. The van der Waals surface area contributed by atoms with E-state index in [1.54, 1.807) is 17.7 Å². The van der Waals surface area contributed by atoms with E-state index in [0.717, 1.165) is 24.2 Å². The van der Waals surface area contributed by atoms with E-state index in [2.05, 4.69) is 10.3 Å². The molecule has 140 valence electrons. The number of aryl methyl sites for hydroxylation is 1. The fourth-order valence-electron chi connectivity index (χ4n) is 3.08. The van der Waals surface area contributed by atoms with E-state index in [9.17, 15) is 13.2 Å². The summed E-state index contributed by atoms with van der Waals surface area (Å²) in [7, 11) is -3.41. The van der Waals surface area contributed by atoms with Gasteiger partial charge in [0.1, 0.15) is 0 Å². The molecular weight excluding hydrogens is 352 g/mol. The number of imidazole rings is 1. The first-order chi connectivity index (χ1) is 12.5. The van der Waals surface area contributed by atoms with Gasteiger partial charge in [0.05, 0.1) is 24.2 Å². The molecule has 7 nitrogen and oxygen atoms in total. The van der Waals surface area contributed by atoms with Crippen molar-refractivity contribution in [2.45, 2.75) is 31.6 Å². The third-order valence-corrected chi connectivity index (χ3v) is 6.17. The van der Waals surface area contributed by atoms with Crippen molar-refractivity contribution in [3.63, 3.8) is 0 Å². The van der Waals surface area contributed by atoms with Gasteiger partial charge in [-0.05, 0) is 12.0 Å². The van der Waals surface area contributed by atoms with E-state index in [0.29, 0.717) is 26.2 Å². The van der Waals surface area contributed by atoms with Crippen LogP contribution in [0.4, 0.5) is 0 Å². The molecule has 1 fully saturated rings. The first kappa shape index (κ1) is 18.6. The molecule has 0 saturated carbocycles. The molecule has 0 bridgehead atoms. The number of amides is 1. The van der Waals surface area contributed by atoms with Crippen molar-refractivity contribution in [1.29, 1.82) is 0 Å². The van der Waals surface area contributed by atoms with Gasteiger partial charge in [-0.3, -0.25) is 9.69 Å². The lowest BCUT2D eigenvalue weighted by atomic mass is 10.1. The zero-order valence-corrected chi connectivity index (χ0v) is 15.7. The summed E-state index contributed by atoms with van der Waals surface area (Å²) in [6, 6.07) is 9.96. The first-order valence-corrected chi connectivity index (χ1v) is 10.4. The molecule has 3 rings (SSSR count). The van der Waals surface area contributed by atoms with Crippen molar-refractivity contribution in [3.8, 4) is 0 Å². The van der Waals surface area contributed by atoms with Gasteiger partial charge in [-0.25, -0.2) is 13.4 Å². The number of benzene rings is 1. The molecule has 0 atom stereocenters. The minimum absolute atomic E-state index is 0.00648. The van der Waals surface area contributed by atoms with Crippen molar-refractivity contribution in [2.75, 3.05) is 25.4 Å². The van der Waals surface area contributed by atoms with Gasteiger partial charge in [0.25, 0.3) is 0 Å². The number of aromatic nitrogens is 2. The van der Waals surface area contributed by atoms with Gasteiger partial charge in [-0.1, -0.05) is 37.3 Å². The molecule has 1 aromatic heterocycles. The largest absolute Gasteiger partial charge is 0.354 e. The number of nitrogens with zero attached hydrogens (tertiary/aromatic N) is 3. The second-order valence-electron chi connectivity index (χ2n) is 6.38. The first-order valence-electron chi connectivity index (χ1n) is 8.79. The average molecular weight is 376 g/mol. The molecule has 1 aliphatic rings. The Morgan fingerprint density at radius 3 is 2.69 bits per heavy atom. The SMILES string of the molecule is CCS(=O)(=O)c1ncc(CN2CCNC(=O)C2)n1CCc1ccccc1. The van der Waals surface area contributed by atoms with Gasteiger partial charge in [-0.15, -0.1) is 0 Å². The maximum absolute atomic E-state index is 12.4. The van der Waals surface area contributed by atoms with Crippen LogP contribution in [0.25, 0.3) is 0 Å². The topological polar surface area (TPSA) is 84.3 Å². The Labute approximate surface area is 154 Å². The Kier molecular flexibility index (Phi) is 5.73. The molecule has 8 heteroatoms. The number of carbonyl (C=O) groups is 1. The van der Waals surface area contributed by atoms with Gasteiger partial charge in [-0.2, -0.15) is 0 Å². The Morgan fingerprint density at radius 1 is 1.23 bits per heavy atom. The van der Waals surface area contributed by atoms with Crippen molar-refractivity contribution < 1.29 is 13.2 Å². The monoisotopic (exact) mass is 376 g/mol. The Hall–Kier alpha value is -2.19. The minimum Gasteiger partial charge on any atom is -0.354 e. The summed E-state index contributed by atoms with van der Waals surface area (Å²) in [5.41, 5.74) is 1.96.